The number of carbonyl (C=O) groups is 3. The Labute approximate surface area is 114 Å². The van der Waals surface area contributed by atoms with Gasteiger partial charge in [0.15, 0.2) is 5.78 Å². The molecule has 1 aliphatic carbocycles. The van der Waals surface area contributed by atoms with Gasteiger partial charge in [-0.1, -0.05) is 19.8 Å². The molecule has 4 heteroatoms. The van der Waals surface area contributed by atoms with E-state index in [1.165, 1.54) is 0 Å². The Morgan fingerprint density at radius 1 is 1.21 bits per heavy atom. The topological polar surface area (TPSA) is 60.4 Å². The summed E-state index contributed by atoms with van der Waals surface area (Å²) in [5.41, 5.74) is -1.20. The highest BCUT2D eigenvalue weighted by atomic mass is 16.5. The summed E-state index contributed by atoms with van der Waals surface area (Å²) in [5.74, 6) is -0.606. The Morgan fingerprint density at radius 2 is 1.95 bits per heavy atom. The lowest BCUT2D eigenvalue weighted by Crippen LogP contribution is -2.42. The van der Waals surface area contributed by atoms with Gasteiger partial charge in [0.1, 0.15) is 11.2 Å². The van der Waals surface area contributed by atoms with E-state index in [1.807, 2.05) is 6.92 Å². The van der Waals surface area contributed by atoms with Crippen LogP contribution in [0.3, 0.4) is 0 Å². The summed E-state index contributed by atoms with van der Waals surface area (Å²) < 4.78 is 5.08. The number of ether oxygens (including phenoxy) is 1. The van der Waals surface area contributed by atoms with Crippen molar-refractivity contribution in [3.05, 3.63) is 0 Å². The highest BCUT2D eigenvalue weighted by Crippen LogP contribution is 2.37. The minimum Gasteiger partial charge on any atom is -0.465 e. The maximum atomic E-state index is 12.3. The molecule has 19 heavy (non-hydrogen) atoms. The molecule has 0 aliphatic heterocycles. The van der Waals surface area contributed by atoms with Crippen molar-refractivity contribution >= 4 is 17.5 Å². The third-order valence-corrected chi connectivity index (χ3v) is 3.74. The molecule has 0 aromatic carbocycles. The van der Waals surface area contributed by atoms with E-state index < -0.39 is 11.4 Å². The average Bonchev–Trinajstić information content (AvgIpc) is 2.54. The largest absolute Gasteiger partial charge is 0.465 e. The standard InChI is InChI=1S/C15H24O4/c1-3-8-12(16)11-15(14(18)19-4-2)10-7-5-6-9-13(15)17/h3-11H2,1-2H3. The van der Waals surface area contributed by atoms with Gasteiger partial charge in [-0.2, -0.15) is 0 Å². The molecule has 0 aromatic heterocycles. The summed E-state index contributed by atoms with van der Waals surface area (Å²) in [5, 5.41) is 0. The summed E-state index contributed by atoms with van der Waals surface area (Å²) in [7, 11) is 0. The van der Waals surface area contributed by atoms with E-state index in [1.54, 1.807) is 6.92 Å². The van der Waals surface area contributed by atoms with Gasteiger partial charge in [-0.25, -0.2) is 0 Å². The van der Waals surface area contributed by atoms with Crippen LogP contribution >= 0.6 is 0 Å². The van der Waals surface area contributed by atoms with Crippen LogP contribution in [0.15, 0.2) is 0 Å². The van der Waals surface area contributed by atoms with Crippen LogP contribution < -0.4 is 0 Å². The number of hydrogen-bond acceptors (Lipinski definition) is 4. The predicted molar refractivity (Wildman–Crippen MR) is 71.7 cm³/mol. The summed E-state index contributed by atoms with van der Waals surface area (Å²) in [4.78, 5) is 36.5. The van der Waals surface area contributed by atoms with Crippen LogP contribution in [-0.4, -0.2) is 24.1 Å². The fourth-order valence-corrected chi connectivity index (χ4v) is 2.72. The van der Waals surface area contributed by atoms with Gasteiger partial charge >= 0.3 is 5.97 Å². The van der Waals surface area contributed by atoms with Gasteiger partial charge in [0.25, 0.3) is 0 Å². The maximum absolute atomic E-state index is 12.3. The molecule has 0 radical (unpaired) electrons. The minimum atomic E-state index is -1.20. The van der Waals surface area contributed by atoms with E-state index in [0.29, 0.717) is 19.3 Å². The zero-order valence-electron chi connectivity index (χ0n) is 12.0. The minimum absolute atomic E-state index is 0.00852. The monoisotopic (exact) mass is 268 g/mol. The van der Waals surface area contributed by atoms with Gasteiger partial charge in [0, 0.05) is 19.3 Å². The van der Waals surface area contributed by atoms with Crippen LogP contribution in [0.2, 0.25) is 0 Å². The third kappa shape index (κ3) is 3.88. The Hall–Kier alpha value is -1.19. The molecule has 0 bridgehead atoms. The van der Waals surface area contributed by atoms with Crippen LogP contribution in [-0.2, 0) is 19.1 Å². The van der Waals surface area contributed by atoms with Crippen molar-refractivity contribution in [1.82, 2.24) is 0 Å². The maximum Gasteiger partial charge on any atom is 0.320 e. The van der Waals surface area contributed by atoms with E-state index in [9.17, 15) is 14.4 Å². The van der Waals surface area contributed by atoms with Gasteiger partial charge in [-0.15, -0.1) is 0 Å². The van der Waals surface area contributed by atoms with Crippen molar-refractivity contribution in [2.45, 2.75) is 65.2 Å². The molecular weight excluding hydrogens is 244 g/mol. The molecule has 1 saturated carbocycles. The lowest BCUT2D eigenvalue weighted by Gasteiger charge is -2.28. The lowest BCUT2D eigenvalue weighted by atomic mass is 9.74. The zero-order valence-corrected chi connectivity index (χ0v) is 12.0. The van der Waals surface area contributed by atoms with E-state index in [-0.39, 0.29) is 24.6 Å². The van der Waals surface area contributed by atoms with E-state index in [0.717, 1.165) is 25.7 Å². The van der Waals surface area contributed by atoms with Crippen LogP contribution in [0.5, 0.6) is 0 Å². The molecule has 0 aromatic rings. The van der Waals surface area contributed by atoms with Gasteiger partial charge in [0.05, 0.1) is 6.61 Å². The van der Waals surface area contributed by atoms with Crippen LogP contribution in [0, 0.1) is 5.41 Å². The highest BCUT2D eigenvalue weighted by molar-refractivity contribution is 6.07. The van der Waals surface area contributed by atoms with Gasteiger partial charge < -0.3 is 4.74 Å². The number of esters is 1. The molecule has 0 N–H and O–H groups in total. The molecule has 1 rings (SSSR count). The average molecular weight is 268 g/mol. The van der Waals surface area contributed by atoms with Crippen molar-refractivity contribution in [2.24, 2.45) is 5.41 Å². The number of Topliss-reactive ketones (excluding diaryl/α,β-unsaturated/α-hetero) is 2. The number of ketones is 2. The van der Waals surface area contributed by atoms with Crippen molar-refractivity contribution in [2.75, 3.05) is 6.61 Å². The lowest BCUT2D eigenvalue weighted by molar-refractivity contribution is -0.162. The van der Waals surface area contributed by atoms with Crippen molar-refractivity contribution in [3.8, 4) is 0 Å². The Balaban J connectivity index is 2.96. The molecule has 4 nitrogen and oxygen atoms in total. The molecule has 0 heterocycles. The van der Waals surface area contributed by atoms with Gasteiger partial charge in [-0.3, -0.25) is 14.4 Å². The first-order chi connectivity index (χ1) is 9.06. The van der Waals surface area contributed by atoms with E-state index in [2.05, 4.69) is 0 Å². The fraction of sp³-hybridized carbons (Fsp3) is 0.800. The van der Waals surface area contributed by atoms with Crippen LogP contribution in [0.4, 0.5) is 0 Å². The molecule has 1 fully saturated rings. The smallest absolute Gasteiger partial charge is 0.320 e. The van der Waals surface area contributed by atoms with Gasteiger partial charge in [-0.05, 0) is 26.2 Å². The van der Waals surface area contributed by atoms with Crippen molar-refractivity contribution in [3.63, 3.8) is 0 Å². The predicted octanol–water partition coefficient (Wildman–Crippen LogP) is 2.83. The molecular formula is C15H24O4. The molecule has 1 unspecified atom stereocenters. The van der Waals surface area contributed by atoms with Crippen LogP contribution in [0.25, 0.3) is 0 Å². The van der Waals surface area contributed by atoms with Crippen molar-refractivity contribution in [1.29, 1.82) is 0 Å². The SMILES string of the molecule is CCCC(=O)CC1(C(=O)OCC)CCCCCC1=O. The number of hydrogen-bond donors (Lipinski definition) is 0. The van der Waals surface area contributed by atoms with E-state index >= 15 is 0 Å². The molecule has 0 saturated heterocycles. The molecule has 1 aliphatic rings. The second-order valence-corrected chi connectivity index (χ2v) is 5.25. The first-order valence-corrected chi connectivity index (χ1v) is 7.29. The zero-order chi connectivity index (χ0) is 14.3. The summed E-state index contributed by atoms with van der Waals surface area (Å²) in [6.07, 6.45) is 4.60. The Morgan fingerprint density at radius 3 is 2.58 bits per heavy atom. The first kappa shape index (κ1) is 15.9. The highest BCUT2D eigenvalue weighted by Gasteiger charge is 2.47. The van der Waals surface area contributed by atoms with Crippen LogP contribution in [0.1, 0.15) is 65.2 Å². The summed E-state index contributed by atoms with van der Waals surface area (Å²) in [6, 6.07) is 0. The van der Waals surface area contributed by atoms with E-state index in [4.69, 9.17) is 4.74 Å². The van der Waals surface area contributed by atoms with Gasteiger partial charge in [0.2, 0.25) is 0 Å². The number of carbonyl (C=O) groups excluding carboxylic acids is 3. The Kier molecular flexibility index (Phi) is 6.19. The first-order valence-electron chi connectivity index (χ1n) is 7.29. The fourth-order valence-electron chi connectivity index (χ4n) is 2.72. The van der Waals surface area contributed by atoms with Crippen molar-refractivity contribution < 1.29 is 19.1 Å². The molecule has 1 atom stereocenters. The quantitative estimate of drug-likeness (QED) is 0.422. The molecule has 0 spiro atoms. The second kappa shape index (κ2) is 7.41. The summed E-state index contributed by atoms with van der Waals surface area (Å²) >= 11 is 0. The molecule has 0 amide bonds. The third-order valence-electron chi connectivity index (χ3n) is 3.74. The second-order valence-electron chi connectivity index (χ2n) is 5.25. The number of rotatable bonds is 6. The normalized spacial score (nSPS) is 23.8. The summed E-state index contributed by atoms with van der Waals surface area (Å²) in [6.45, 7) is 3.89. The molecule has 108 valence electrons. The Bertz CT molecular complexity index is 348.